The highest BCUT2D eigenvalue weighted by molar-refractivity contribution is 7.11. The van der Waals surface area contributed by atoms with Crippen LogP contribution >= 0.6 is 11.3 Å². The molecule has 0 aliphatic carbocycles. The fourth-order valence-electron chi connectivity index (χ4n) is 0.954. The van der Waals surface area contributed by atoms with Crippen molar-refractivity contribution >= 4 is 23.0 Å². The van der Waals surface area contributed by atoms with Crippen molar-refractivity contribution in [2.45, 2.75) is 13.8 Å². The minimum atomic E-state index is 1.14. The molecule has 0 N–H and O–H groups in total. The molecule has 0 unspecified atom stereocenters. The van der Waals surface area contributed by atoms with E-state index < -0.39 is 0 Å². The van der Waals surface area contributed by atoms with E-state index in [0.29, 0.717) is 0 Å². The Morgan fingerprint density at radius 3 is 2.91 bits per heavy atom. The van der Waals surface area contributed by atoms with Crippen molar-refractivity contribution in [2.75, 3.05) is 0 Å². The Morgan fingerprint density at radius 2 is 2.36 bits per heavy atom. The highest BCUT2D eigenvalue weighted by Gasteiger charge is 1.99. The summed E-state index contributed by atoms with van der Waals surface area (Å²) >= 11 is 1.75. The third kappa shape index (κ3) is 1.81. The molecule has 1 aromatic heterocycles. The van der Waals surface area contributed by atoms with Crippen LogP contribution in [0.3, 0.4) is 0 Å². The first-order valence-corrected chi connectivity index (χ1v) is 4.49. The molecule has 0 bridgehead atoms. The molecule has 11 heavy (non-hydrogen) atoms. The van der Waals surface area contributed by atoms with Crippen LogP contribution in [0.5, 0.6) is 0 Å². The zero-order valence-corrected chi connectivity index (χ0v) is 7.74. The first-order valence-electron chi connectivity index (χ1n) is 3.61. The fraction of sp³-hybridized carbons (Fsp3) is 0.200. The minimum absolute atomic E-state index is 1.14. The number of allylic oxidation sites excluding steroid dienone is 2. The van der Waals surface area contributed by atoms with Crippen molar-refractivity contribution in [3.05, 3.63) is 34.5 Å². The monoisotopic (exact) mass is 164 g/mol. The van der Waals surface area contributed by atoms with Crippen LogP contribution in [0.15, 0.2) is 24.1 Å². The summed E-state index contributed by atoms with van der Waals surface area (Å²) in [6.07, 6.45) is 4.17. The zero-order valence-electron chi connectivity index (χ0n) is 6.92. The molecule has 0 aliphatic heterocycles. The topological polar surface area (TPSA) is 0 Å². The maximum atomic E-state index is 3.91. The number of thiophene rings is 1. The van der Waals surface area contributed by atoms with Crippen LogP contribution < -0.4 is 0 Å². The van der Waals surface area contributed by atoms with Crippen LogP contribution in [0, 0.1) is 0 Å². The summed E-state index contributed by atoms with van der Waals surface area (Å²) in [4.78, 5) is 1.31. The lowest BCUT2D eigenvalue weighted by molar-refractivity contribution is 1.65. The van der Waals surface area contributed by atoms with Crippen LogP contribution in [0.4, 0.5) is 0 Å². The van der Waals surface area contributed by atoms with E-state index in [2.05, 4.69) is 30.2 Å². The lowest BCUT2D eigenvalue weighted by Crippen LogP contribution is -1.74. The summed E-state index contributed by atoms with van der Waals surface area (Å²) in [5.41, 5.74) is 2.41. The first kappa shape index (κ1) is 8.28. The molecule has 0 saturated carbocycles. The van der Waals surface area contributed by atoms with Gasteiger partial charge in [0, 0.05) is 4.88 Å². The summed E-state index contributed by atoms with van der Waals surface area (Å²) in [6, 6.07) is 2.11. The van der Waals surface area contributed by atoms with E-state index in [1.807, 2.05) is 13.8 Å². The van der Waals surface area contributed by atoms with E-state index in [1.54, 1.807) is 11.3 Å². The zero-order chi connectivity index (χ0) is 8.27. The Bertz CT molecular complexity index is 279. The van der Waals surface area contributed by atoms with Crippen LogP contribution in [0.25, 0.3) is 11.6 Å². The summed E-state index contributed by atoms with van der Waals surface area (Å²) < 4.78 is 0. The highest BCUT2D eigenvalue weighted by atomic mass is 32.1. The van der Waals surface area contributed by atoms with Gasteiger partial charge in [-0.25, -0.2) is 0 Å². The van der Waals surface area contributed by atoms with Crippen molar-refractivity contribution in [1.29, 1.82) is 0 Å². The molecule has 0 atom stereocenters. The second-order valence-corrected chi connectivity index (χ2v) is 3.43. The van der Waals surface area contributed by atoms with Gasteiger partial charge in [0.1, 0.15) is 0 Å². The molecule has 0 radical (unpaired) electrons. The Hall–Kier alpha value is -0.820. The van der Waals surface area contributed by atoms with Gasteiger partial charge in [0.15, 0.2) is 0 Å². The van der Waals surface area contributed by atoms with E-state index in [1.165, 1.54) is 10.4 Å². The van der Waals surface area contributed by atoms with E-state index >= 15 is 0 Å². The van der Waals surface area contributed by atoms with Crippen LogP contribution in [-0.2, 0) is 0 Å². The average molecular weight is 164 g/mol. The Labute approximate surface area is 71.9 Å². The van der Waals surface area contributed by atoms with E-state index in [0.717, 1.165) is 5.57 Å². The molecule has 0 nitrogen and oxygen atoms in total. The second-order valence-electron chi connectivity index (χ2n) is 2.48. The van der Waals surface area contributed by atoms with Crippen LogP contribution in [-0.4, -0.2) is 0 Å². The molecule has 1 aromatic rings. The number of rotatable bonds is 2. The molecule has 0 spiro atoms. The van der Waals surface area contributed by atoms with E-state index in [4.69, 9.17) is 0 Å². The Kier molecular flexibility index (Phi) is 2.66. The van der Waals surface area contributed by atoms with Crippen molar-refractivity contribution in [1.82, 2.24) is 0 Å². The van der Waals surface area contributed by atoms with Crippen LogP contribution in [0.2, 0.25) is 0 Å². The Balaban J connectivity index is 3.05. The molecule has 0 aliphatic rings. The second kappa shape index (κ2) is 3.54. The third-order valence-corrected chi connectivity index (χ3v) is 2.36. The molecular formula is C10H12S. The molecule has 1 rings (SSSR count). The smallest absolute Gasteiger partial charge is 0.0341 e. The number of hydrogen-bond donors (Lipinski definition) is 0. The maximum absolute atomic E-state index is 3.91. The quantitative estimate of drug-likeness (QED) is 0.623. The van der Waals surface area contributed by atoms with Gasteiger partial charge in [-0.15, -0.1) is 11.3 Å². The van der Waals surface area contributed by atoms with Gasteiger partial charge < -0.3 is 0 Å². The van der Waals surface area contributed by atoms with Gasteiger partial charge in [-0.2, -0.15) is 0 Å². The lowest BCUT2D eigenvalue weighted by Gasteiger charge is -1.95. The standard InChI is InChI=1S/C10H12S/c1-4-5-10-9(8(2)3)6-7-11-10/h4-7H,2H2,1,3H3. The molecule has 1 heterocycles. The molecule has 0 aromatic carbocycles. The van der Waals surface area contributed by atoms with Crippen molar-refractivity contribution in [2.24, 2.45) is 0 Å². The molecule has 0 saturated heterocycles. The SMILES string of the molecule is C=C(C)c1ccsc1C=CC. The van der Waals surface area contributed by atoms with E-state index in [9.17, 15) is 0 Å². The molecule has 0 fully saturated rings. The van der Waals surface area contributed by atoms with Gasteiger partial charge in [0.05, 0.1) is 0 Å². The summed E-state index contributed by atoms with van der Waals surface area (Å²) in [5.74, 6) is 0. The van der Waals surface area contributed by atoms with Gasteiger partial charge in [-0.1, -0.05) is 12.7 Å². The molecule has 58 valence electrons. The minimum Gasteiger partial charge on any atom is -0.144 e. The average Bonchev–Trinajstić information content (AvgIpc) is 2.36. The van der Waals surface area contributed by atoms with Gasteiger partial charge in [-0.3, -0.25) is 0 Å². The van der Waals surface area contributed by atoms with Gasteiger partial charge in [0.2, 0.25) is 0 Å². The maximum Gasteiger partial charge on any atom is 0.0341 e. The summed E-state index contributed by atoms with van der Waals surface area (Å²) in [5, 5.41) is 2.10. The fourth-order valence-corrected chi connectivity index (χ4v) is 1.89. The van der Waals surface area contributed by atoms with Gasteiger partial charge in [-0.05, 0) is 42.5 Å². The predicted octanol–water partition coefficient (Wildman–Crippen LogP) is 3.81. The highest BCUT2D eigenvalue weighted by Crippen LogP contribution is 2.23. The third-order valence-electron chi connectivity index (χ3n) is 1.47. The molecular weight excluding hydrogens is 152 g/mol. The normalized spacial score (nSPS) is 10.7. The first-order chi connectivity index (χ1) is 5.25. The number of hydrogen-bond acceptors (Lipinski definition) is 1. The molecule has 0 amide bonds. The van der Waals surface area contributed by atoms with Crippen molar-refractivity contribution in [3.8, 4) is 0 Å². The summed E-state index contributed by atoms with van der Waals surface area (Å²) in [7, 11) is 0. The largest absolute Gasteiger partial charge is 0.144 e. The van der Waals surface area contributed by atoms with E-state index in [-0.39, 0.29) is 0 Å². The van der Waals surface area contributed by atoms with Crippen LogP contribution in [0.1, 0.15) is 24.3 Å². The predicted molar refractivity (Wildman–Crippen MR) is 53.7 cm³/mol. The van der Waals surface area contributed by atoms with Gasteiger partial charge in [0.25, 0.3) is 0 Å². The summed E-state index contributed by atoms with van der Waals surface area (Å²) in [6.45, 7) is 7.98. The van der Waals surface area contributed by atoms with Crippen molar-refractivity contribution in [3.63, 3.8) is 0 Å². The molecule has 1 heteroatoms. The van der Waals surface area contributed by atoms with Gasteiger partial charge >= 0.3 is 0 Å². The Morgan fingerprint density at radius 1 is 1.64 bits per heavy atom. The van der Waals surface area contributed by atoms with Crippen molar-refractivity contribution < 1.29 is 0 Å². The lowest BCUT2D eigenvalue weighted by atomic mass is 10.1.